The summed E-state index contributed by atoms with van der Waals surface area (Å²) in [6.45, 7) is 2.05. The minimum Gasteiger partial charge on any atom is -0.301 e. The fourth-order valence-corrected chi connectivity index (χ4v) is 3.46. The predicted molar refractivity (Wildman–Crippen MR) is 84.6 cm³/mol. The Labute approximate surface area is 123 Å². The monoisotopic (exact) mass is 286 g/mol. The van der Waals surface area contributed by atoms with Crippen molar-refractivity contribution in [1.29, 1.82) is 0 Å². The normalized spacial score (nSPS) is 23.8. The van der Waals surface area contributed by atoms with Crippen LogP contribution in [0.5, 0.6) is 0 Å². The fourth-order valence-electron chi connectivity index (χ4n) is 2.58. The summed E-state index contributed by atoms with van der Waals surface area (Å²) in [4.78, 5) is 17.4. The molecule has 0 atom stereocenters. The largest absolute Gasteiger partial charge is 0.301 e. The van der Waals surface area contributed by atoms with Gasteiger partial charge in [0.25, 0.3) is 5.91 Å². The lowest BCUT2D eigenvalue weighted by atomic mass is 10.1. The zero-order valence-electron chi connectivity index (χ0n) is 11.6. The molecule has 2 aliphatic rings. The highest BCUT2D eigenvalue weighted by atomic mass is 32.2. The van der Waals surface area contributed by atoms with E-state index in [1.165, 1.54) is 30.2 Å². The van der Waals surface area contributed by atoms with Gasteiger partial charge >= 0.3 is 0 Å². The van der Waals surface area contributed by atoms with Gasteiger partial charge in [-0.25, -0.2) is 0 Å². The second-order valence-electron chi connectivity index (χ2n) is 5.29. The van der Waals surface area contributed by atoms with Crippen molar-refractivity contribution in [2.24, 2.45) is 4.99 Å². The third-order valence-electron chi connectivity index (χ3n) is 3.75. The van der Waals surface area contributed by atoms with Crippen molar-refractivity contribution in [3.8, 4) is 0 Å². The van der Waals surface area contributed by atoms with Crippen molar-refractivity contribution < 1.29 is 4.79 Å². The van der Waals surface area contributed by atoms with Crippen molar-refractivity contribution in [1.82, 2.24) is 5.32 Å². The quantitative estimate of drug-likeness (QED) is 0.845. The Balaban J connectivity index is 1.78. The second-order valence-corrected chi connectivity index (χ2v) is 6.32. The van der Waals surface area contributed by atoms with Crippen LogP contribution >= 0.6 is 11.8 Å². The van der Waals surface area contributed by atoms with Crippen molar-refractivity contribution in [3.05, 3.63) is 40.3 Å². The number of aryl methyl sites for hydroxylation is 1. The third-order valence-corrected chi connectivity index (χ3v) is 4.67. The summed E-state index contributed by atoms with van der Waals surface area (Å²) in [6.07, 6.45) is 6.76. The van der Waals surface area contributed by atoms with Gasteiger partial charge in [0.15, 0.2) is 5.17 Å². The van der Waals surface area contributed by atoms with Gasteiger partial charge in [0.2, 0.25) is 0 Å². The summed E-state index contributed by atoms with van der Waals surface area (Å²) in [6, 6.07) is 8.48. The first-order valence-corrected chi connectivity index (χ1v) is 7.88. The van der Waals surface area contributed by atoms with Crippen LogP contribution in [0.1, 0.15) is 36.8 Å². The van der Waals surface area contributed by atoms with Crippen molar-refractivity contribution in [2.75, 3.05) is 0 Å². The number of hydrogen-bond donors (Lipinski definition) is 1. The number of carbonyl (C=O) groups excluding carboxylic acids is 1. The fraction of sp³-hybridized carbons (Fsp3) is 0.375. The number of thioether (sulfide) groups is 1. The standard InChI is InChI=1S/C16H18N2OS/c1-11-6-2-3-7-12(11)10-14-15(19)18-16(20-14)17-13-8-4-5-9-13/h2-3,6-7,10,13H,4-5,8-9H2,1H3,(H,17,18,19)/b14-10-. The molecule has 20 heavy (non-hydrogen) atoms. The molecule has 1 amide bonds. The van der Waals surface area contributed by atoms with Gasteiger partial charge < -0.3 is 5.32 Å². The predicted octanol–water partition coefficient (Wildman–Crippen LogP) is 3.50. The van der Waals surface area contributed by atoms with Crippen LogP contribution in [-0.4, -0.2) is 17.1 Å². The summed E-state index contributed by atoms with van der Waals surface area (Å²) >= 11 is 1.46. The number of carbonyl (C=O) groups is 1. The molecule has 1 aliphatic heterocycles. The van der Waals surface area contributed by atoms with Gasteiger partial charge in [0, 0.05) is 0 Å². The molecule has 3 rings (SSSR count). The van der Waals surface area contributed by atoms with Gasteiger partial charge in [-0.2, -0.15) is 0 Å². The van der Waals surface area contributed by atoms with Crippen LogP contribution in [0.2, 0.25) is 0 Å². The van der Waals surface area contributed by atoms with Gasteiger partial charge in [-0.15, -0.1) is 0 Å². The molecule has 1 aromatic rings. The van der Waals surface area contributed by atoms with Crippen LogP contribution in [0.25, 0.3) is 6.08 Å². The lowest BCUT2D eigenvalue weighted by Crippen LogP contribution is -2.21. The maximum atomic E-state index is 12.0. The molecule has 104 valence electrons. The van der Waals surface area contributed by atoms with E-state index in [0.29, 0.717) is 6.04 Å². The summed E-state index contributed by atoms with van der Waals surface area (Å²) in [5, 5.41) is 3.64. The molecule has 1 aliphatic carbocycles. The highest BCUT2D eigenvalue weighted by Crippen LogP contribution is 2.29. The van der Waals surface area contributed by atoms with E-state index in [0.717, 1.165) is 28.5 Å². The van der Waals surface area contributed by atoms with Gasteiger partial charge in [0.1, 0.15) is 0 Å². The Morgan fingerprint density at radius 2 is 2.05 bits per heavy atom. The average Bonchev–Trinajstić information content (AvgIpc) is 3.04. The van der Waals surface area contributed by atoms with Crippen LogP contribution in [0.15, 0.2) is 34.2 Å². The van der Waals surface area contributed by atoms with E-state index in [-0.39, 0.29) is 5.91 Å². The zero-order chi connectivity index (χ0) is 13.9. The highest BCUT2D eigenvalue weighted by Gasteiger charge is 2.25. The SMILES string of the molecule is Cc1ccccc1/C=C1\SC(=NC2CCCC2)NC1=O. The van der Waals surface area contributed by atoms with E-state index in [1.54, 1.807) is 0 Å². The van der Waals surface area contributed by atoms with E-state index >= 15 is 0 Å². The van der Waals surface area contributed by atoms with Crippen LogP contribution < -0.4 is 5.32 Å². The van der Waals surface area contributed by atoms with E-state index in [9.17, 15) is 4.79 Å². The number of benzene rings is 1. The molecular weight excluding hydrogens is 268 g/mol. The zero-order valence-corrected chi connectivity index (χ0v) is 12.4. The molecule has 0 radical (unpaired) electrons. The molecule has 0 unspecified atom stereocenters. The molecule has 3 nitrogen and oxygen atoms in total. The molecule has 1 heterocycles. The third kappa shape index (κ3) is 2.96. The number of amides is 1. The Morgan fingerprint density at radius 3 is 2.80 bits per heavy atom. The van der Waals surface area contributed by atoms with Crippen LogP contribution in [0.4, 0.5) is 0 Å². The minimum absolute atomic E-state index is 0.0324. The minimum atomic E-state index is -0.0324. The Hall–Kier alpha value is -1.55. The maximum absolute atomic E-state index is 12.0. The number of aliphatic imine (C=N–C) groups is 1. The van der Waals surface area contributed by atoms with Crippen LogP contribution in [-0.2, 0) is 4.79 Å². The van der Waals surface area contributed by atoms with E-state index < -0.39 is 0 Å². The average molecular weight is 286 g/mol. The number of rotatable bonds is 2. The molecule has 1 N–H and O–H groups in total. The van der Waals surface area contributed by atoms with Gasteiger partial charge in [-0.05, 0) is 48.7 Å². The first-order chi connectivity index (χ1) is 9.72. The number of nitrogens with zero attached hydrogens (tertiary/aromatic N) is 1. The second kappa shape index (κ2) is 5.83. The molecule has 0 spiro atoms. The van der Waals surface area contributed by atoms with Gasteiger partial charge in [-0.3, -0.25) is 9.79 Å². The first-order valence-electron chi connectivity index (χ1n) is 7.07. The molecule has 4 heteroatoms. The van der Waals surface area contributed by atoms with Crippen LogP contribution in [0.3, 0.4) is 0 Å². The number of hydrogen-bond acceptors (Lipinski definition) is 3. The van der Waals surface area contributed by atoms with E-state index in [2.05, 4.69) is 23.3 Å². The first kappa shape index (κ1) is 13.4. The van der Waals surface area contributed by atoms with Crippen molar-refractivity contribution >= 4 is 28.9 Å². The number of nitrogens with one attached hydrogen (secondary N) is 1. The molecule has 1 aromatic carbocycles. The van der Waals surface area contributed by atoms with Gasteiger partial charge in [-0.1, -0.05) is 37.1 Å². The van der Waals surface area contributed by atoms with E-state index in [1.807, 2.05) is 24.3 Å². The summed E-state index contributed by atoms with van der Waals surface area (Å²) in [5.74, 6) is -0.0324. The van der Waals surface area contributed by atoms with Crippen molar-refractivity contribution in [3.63, 3.8) is 0 Å². The Bertz CT molecular complexity index is 586. The highest BCUT2D eigenvalue weighted by molar-refractivity contribution is 8.18. The summed E-state index contributed by atoms with van der Waals surface area (Å²) in [5.41, 5.74) is 2.27. The maximum Gasteiger partial charge on any atom is 0.264 e. The molecule has 1 saturated carbocycles. The molecule has 1 saturated heterocycles. The lowest BCUT2D eigenvalue weighted by molar-refractivity contribution is -0.115. The Morgan fingerprint density at radius 1 is 1.30 bits per heavy atom. The van der Waals surface area contributed by atoms with Gasteiger partial charge in [0.05, 0.1) is 10.9 Å². The van der Waals surface area contributed by atoms with Crippen LogP contribution in [0, 0.1) is 6.92 Å². The lowest BCUT2D eigenvalue weighted by Gasteiger charge is -2.02. The molecule has 0 aromatic heterocycles. The smallest absolute Gasteiger partial charge is 0.264 e. The summed E-state index contributed by atoms with van der Waals surface area (Å²) < 4.78 is 0. The molecule has 2 fully saturated rings. The topological polar surface area (TPSA) is 41.5 Å². The number of amidine groups is 1. The molecule has 0 bridgehead atoms. The molecular formula is C16H18N2OS. The Kier molecular flexibility index (Phi) is 3.92. The van der Waals surface area contributed by atoms with Crippen molar-refractivity contribution in [2.45, 2.75) is 38.6 Å². The van der Waals surface area contributed by atoms with E-state index in [4.69, 9.17) is 0 Å². The summed E-state index contributed by atoms with van der Waals surface area (Å²) in [7, 11) is 0.